The second-order valence-corrected chi connectivity index (χ2v) is 6.89. The molecule has 1 amide bonds. The van der Waals surface area contributed by atoms with Crippen molar-refractivity contribution < 1.29 is 9.53 Å². The average Bonchev–Trinajstić information content (AvgIpc) is 2.65. The summed E-state index contributed by atoms with van der Waals surface area (Å²) in [6.07, 6.45) is -0.822. The number of amides is 1. The highest BCUT2D eigenvalue weighted by Crippen LogP contribution is 2.16. The van der Waals surface area contributed by atoms with Crippen molar-refractivity contribution in [2.45, 2.75) is 26.9 Å². The van der Waals surface area contributed by atoms with E-state index in [2.05, 4.69) is 10.4 Å². The van der Waals surface area contributed by atoms with Gasteiger partial charge in [0.05, 0.1) is 5.69 Å². The zero-order valence-electron chi connectivity index (χ0n) is 15.8. The van der Waals surface area contributed by atoms with Crippen LogP contribution in [0.4, 0.5) is 5.69 Å². The Labute approximate surface area is 167 Å². The van der Waals surface area contributed by atoms with E-state index in [1.807, 2.05) is 32.0 Å². The molecule has 1 aromatic heterocycles. The maximum atomic E-state index is 12.4. The van der Waals surface area contributed by atoms with Crippen LogP contribution in [0.5, 0.6) is 5.88 Å². The van der Waals surface area contributed by atoms with Crippen molar-refractivity contribution in [1.82, 2.24) is 9.78 Å². The van der Waals surface area contributed by atoms with Crippen molar-refractivity contribution in [3.8, 4) is 11.6 Å². The van der Waals surface area contributed by atoms with Gasteiger partial charge in [-0.15, -0.1) is 5.10 Å². The Morgan fingerprint density at radius 1 is 1.11 bits per heavy atom. The van der Waals surface area contributed by atoms with Gasteiger partial charge in [0.15, 0.2) is 6.10 Å². The van der Waals surface area contributed by atoms with Crippen molar-refractivity contribution in [1.29, 1.82) is 0 Å². The fourth-order valence-corrected chi connectivity index (χ4v) is 2.73. The second kappa shape index (κ2) is 8.27. The minimum atomic E-state index is -0.822. The molecule has 7 heteroatoms. The van der Waals surface area contributed by atoms with Crippen LogP contribution in [0.15, 0.2) is 59.4 Å². The summed E-state index contributed by atoms with van der Waals surface area (Å²) in [6.45, 7) is 5.56. The number of halogens is 1. The van der Waals surface area contributed by atoms with Crippen molar-refractivity contribution >= 4 is 23.2 Å². The molecule has 0 aliphatic rings. The zero-order chi connectivity index (χ0) is 20.3. The number of benzene rings is 2. The van der Waals surface area contributed by atoms with E-state index in [9.17, 15) is 9.59 Å². The predicted molar refractivity (Wildman–Crippen MR) is 109 cm³/mol. The van der Waals surface area contributed by atoms with E-state index in [4.69, 9.17) is 16.3 Å². The summed E-state index contributed by atoms with van der Waals surface area (Å²) >= 11 is 5.92. The number of aryl methyl sites for hydroxylation is 2. The Balaban J connectivity index is 1.77. The lowest BCUT2D eigenvalue weighted by atomic mass is 10.1. The van der Waals surface area contributed by atoms with Gasteiger partial charge in [0.2, 0.25) is 5.88 Å². The third-order valence-corrected chi connectivity index (χ3v) is 4.50. The standard InChI is InChI=1S/C21H20ClN3O3/c1-13-7-8-18(11-14(13)2)25-20(26)10-9-19(24-25)28-15(3)21(27)23-17-6-4-5-16(22)12-17/h4-12,15H,1-3H3,(H,23,27). The number of hydrogen-bond donors (Lipinski definition) is 1. The van der Waals surface area contributed by atoms with E-state index < -0.39 is 6.10 Å². The van der Waals surface area contributed by atoms with Crippen LogP contribution < -0.4 is 15.6 Å². The molecule has 3 aromatic rings. The lowest BCUT2D eigenvalue weighted by molar-refractivity contribution is -0.122. The van der Waals surface area contributed by atoms with E-state index in [1.54, 1.807) is 31.2 Å². The molecule has 0 aliphatic carbocycles. The first-order valence-electron chi connectivity index (χ1n) is 8.74. The van der Waals surface area contributed by atoms with Gasteiger partial charge < -0.3 is 10.1 Å². The molecular weight excluding hydrogens is 378 g/mol. The van der Waals surface area contributed by atoms with Crippen LogP contribution in [0.1, 0.15) is 18.1 Å². The number of rotatable bonds is 5. The van der Waals surface area contributed by atoms with Crippen molar-refractivity contribution in [2.24, 2.45) is 0 Å². The van der Waals surface area contributed by atoms with Gasteiger partial charge in [-0.1, -0.05) is 23.7 Å². The van der Waals surface area contributed by atoms with Crippen LogP contribution in [-0.4, -0.2) is 21.8 Å². The van der Waals surface area contributed by atoms with Crippen molar-refractivity contribution in [3.63, 3.8) is 0 Å². The molecule has 0 radical (unpaired) electrons. The summed E-state index contributed by atoms with van der Waals surface area (Å²) in [5.74, 6) is -0.181. The summed E-state index contributed by atoms with van der Waals surface area (Å²) in [5, 5.41) is 7.49. The monoisotopic (exact) mass is 397 g/mol. The van der Waals surface area contributed by atoms with Gasteiger partial charge in [-0.25, -0.2) is 0 Å². The number of nitrogens with one attached hydrogen (secondary N) is 1. The lowest BCUT2D eigenvalue weighted by Crippen LogP contribution is -2.31. The topological polar surface area (TPSA) is 73.2 Å². The highest BCUT2D eigenvalue weighted by atomic mass is 35.5. The lowest BCUT2D eigenvalue weighted by Gasteiger charge is -2.15. The summed E-state index contributed by atoms with van der Waals surface area (Å²) in [7, 11) is 0. The molecule has 3 rings (SSSR count). The van der Waals surface area contributed by atoms with Gasteiger partial charge in [0.25, 0.3) is 11.5 Å². The third-order valence-electron chi connectivity index (χ3n) is 4.27. The van der Waals surface area contributed by atoms with Crippen LogP contribution in [0, 0.1) is 13.8 Å². The molecule has 0 saturated carbocycles. The van der Waals surface area contributed by atoms with Gasteiger partial charge in [-0.2, -0.15) is 4.68 Å². The molecule has 1 heterocycles. The number of carbonyl (C=O) groups is 1. The van der Waals surface area contributed by atoms with Crippen LogP contribution >= 0.6 is 11.6 Å². The Bertz CT molecular complexity index is 1080. The Morgan fingerprint density at radius 3 is 2.61 bits per heavy atom. The van der Waals surface area contributed by atoms with Gasteiger partial charge >= 0.3 is 0 Å². The Hall–Kier alpha value is -3.12. The molecule has 1 unspecified atom stereocenters. The van der Waals surface area contributed by atoms with Gasteiger partial charge in [0, 0.05) is 22.8 Å². The van der Waals surface area contributed by atoms with Gasteiger partial charge in [-0.05, 0) is 62.2 Å². The molecule has 28 heavy (non-hydrogen) atoms. The average molecular weight is 398 g/mol. The first-order chi connectivity index (χ1) is 13.3. The molecule has 0 spiro atoms. The molecule has 1 atom stereocenters. The highest BCUT2D eigenvalue weighted by molar-refractivity contribution is 6.30. The van der Waals surface area contributed by atoms with E-state index in [-0.39, 0.29) is 17.3 Å². The normalized spacial score (nSPS) is 11.7. The van der Waals surface area contributed by atoms with E-state index in [0.29, 0.717) is 16.4 Å². The largest absolute Gasteiger partial charge is 0.463 e. The number of aromatic nitrogens is 2. The molecule has 1 N–H and O–H groups in total. The van der Waals surface area contributed by atoms with E-state index in [1.165, 1.54) is 16.8 Å². The van der Waals surface area contributed by atoms with E-state index >= 15 is 0 Å². The molecule has 0 saturated heterocycles. The molecule has 0 fully saturated rings. The third kappa shape index (κ3) is 4.58. The quantitative estimate of drug-likeness (QED) is 0.708. The van der Waals surface area contributed by atoms with Crippen molar-refractivity contribution in [3.05, 3.63) is 81.1 Å². The SMILES string of the molecule is Cc1ccc(-n2nc(OC(C)C(=O)Nc3cccc(Cl)c3)ccc2=O)cc1C. The van der Waals surface area contributed by atoms with Crippen LogP contribution in [0.2, 0.25) is 5.02 Å². The summed E-state index contributed by atoms with van der Waals surface area (Å²) in [5.41, 5.74) is 3.09. The number of hydrogen-bond acceptors (Lipinski definition) is 4. The van der Waals surface area contributed by atoms with Gasteiger partial charge in [0.1, 0.15) is 0 Å². The molecule has 0 bridgehead atoms. The number of anilines is 1. The van der Waals surface area contributed by atoms with Crippen LogP contribution in [-0.2, 0) is 4.79 Å². The molecule has 144 valence electrons. The van der Waals surface area contributed by atoms with Crippen molar-refractivity contribution in [2.75, 3.05) is 5.32 Å². The summed E-state index contributed by atoms with van der Waals surface area (Å²) in [6, 6.07) is 15.3. The van der Waals surface area contributed by atoms with Gasteiger partial charge in [-0.3, -0.25) is 9.59 Å². The minimum Gasteiger partial charge on any atom is -0.463 e. The zero-order valence-corrected chi connectivity index (χ0v) is 16.5. The first-order valence-corrected chi connectivity index (χ1v) is 9.12. The molecular formula is C21H20ClN3O3. The second-order valence-electron chi connectivity index (χ2n) is 6.45. The summed E-state index contributed by atoms with van der Waals surface area (Å²) in [4.78, 5) is 24.6. The maximum Gasteiger partial charge on any atom is 0.271 e. The minimum absolute atomic E-state index is 0.173. The predicted octanol–water partition coefficient (Wildman–Crippen LogP) is 3.91. The number of ether oxygens (including phenoxy) is 1. The van der Waals surface area contributed by atoms with Crippen LogP contribution in [0.25, 0.3) is 5.69 Å². The number of nitrogens with zero attached hydrogens (tertiary/aromatic N) is 2. The smallest absolute Gasteiger partial charge is 0.271 e. The maximum absolute atomic E-state index is 12.4. The highest BCUT2D eigenvalue weighted by Gasteiger charge is 2.16. The Morgan fingerprint density at radius 2 is 1.89 bits per heavy atom. The fourth-order valence-electron chi connectivity index (χ4n) is 2.54. The molecule has 6 nitrogen and oxygen atoms in total. The fraction of sp³-hybridized carbons (Fsp3) is 0.190. The first kappa shape index (κ1) is 19.6. The Kier molecular flexibility index (Phi) is 5.80. The molecule has 0 aliphatic heterocycles. The van der Waals surface area contributed by atoms with E-state index in [0.717, 1.165) is 11.1 Å². The van der Waals surface area contributed by atoms with Crippen LogP contribution in [0.3, 0.4) is 0 Å². The molecule has 2 aromatic carbocycles. The summed E-state index contributed by atoms with van der Waals surface area (Å²) < 4.78 is 6.89. The number of carbonyl (C=O) groups excluding carboxylic acids is 1.